The van der Waals surface area contributed by atoms with Gasteiger partial charge < -0.3 is 5.11 Å². The van der Waals surface area contributed by atoms with Crippen LogP contribution in [0.4, 0.5) is 4.39 Å². The zero-order chi connectivity index (χ0) is 10.7. The van der Waals surface area contributed by atoms with Crippen molar-refractivity contribution in [2.75, 3.05) is 0 Å². The van der Waals surface area contributed by atoms with Crippen molar-refractivity contribution in [3.8, 4) is 0 Å². The number of hydrogen-bond donors (Lipinski definition) is 1. The maximum Gasteiger partial charge on any atom is 0.318 e. The summed E-state index contributed by atoms with van der Waals surface area (Å²) in [6.45, 7) is 0. The molecule has 0 amide bonds. The quantitative estimate of drug-likeness (QED) is 0.867. The van der Waals surface area contributed by atoms with Crippen LogP contribution >= 0.6 is 31.9 Å². The Morgan fingerprint density at radius 3 is 2.21 bits per heavy atom. The van der Waals surface area contributed by atoms with Crippen molar-refractivity contribution in [2.24, 2.45) is 0 Å². The smallest absolute Gasteiger partial charge is 0.318 e. The Morgan fingerprint density at radius 1 is 1.29 bits per heavy atom. The van der Waals surface area contributed by atoms with Gasteiger partial charge in [0.2, 0.25) is 0 Å². The summed E-state index contributed by atoms with van der Waals surface area (Å²) in [5.74, 6) is -1.30. The van der Waals surface area contributed by atoms with Crippen molar-refractivity contribution >= 4 is 37.8 Å². The first kappa shape index (κ1) is 11.7. The SMILES string of the molecule is O=C(O)[C@@H](Br)[C@@H](Br)c1ccc(F)cc1. The number of benzene rings is 1. The molecule has 0 bridgehead atoms. The summed E-state index contributed by atoms with van der Waals surface area (Å²) >= 11 is 6.25. The van der Waals surface area contributed by atoms with Crippen LogP contribution in [-0.2, 0) is 4.79 Å². The molecule has 2 nitrogen and oxygen atoms in total. The minimum Gasteiger partial charge on any atom is -0.480 e. The summed E-state index contributed by atoms with van der Waals surface area (Å²) in [5, 5.41) is 8.72. The van der Waals surface area contributed by atoms with Gasteiger partial charge in [-0.2, -0.15) is 0 Å². The summed E-state index contributed by atoms with van der Waals surface area (Å²) in [6, 6.07) is 5.69. The van der Waals surface area contributed by atoms with Crippen LogP contribution in [0.2, 0.25) is 0 Å². The van der Waals surface area contributed by atoms with E-state index in [2.05, 4.69) is 31.9 Å². The molecule has 0 heterocycles. The Bertz CT molecular complexity index is 326. The number of aliphatic carboxylic acids is 1. The lowest BCUT2D eigenvalue weighted by molar-refractivity contribution is -0.136. The van der Waals surface area contributed by atoms with E-state index in [0.29, 0.717) is 0 Å². The Balaban J connectivity index is 2.84. The molecule has 76 valence electrons. The summed E-state index contributed by atoms with van der Waals surface area (Å²) < 4.78 is 12.6. The van der Waals surface area contributed by atoms with E-state index < -0.39 is 10.8 Å². The van der Waals surface area contributed by atoms with E-state index in [1.54, 1.807) is 12.1 Å². The standard InChI is InChI=1S/C9H7Br2FO2/c10-7(8(11)9(13)14)5-1-3-6(12)4-2-5/h1-4,7-8H,(H,13,14)/t7-,8-/m0/s1. The van der Waals surface area contributed by atoms with E-state index in [1.165, 1.54) is 12.1 Å². The lowest BCUT2D eigenvalue weighted by atomic mass is 10.1. The van der Waals surface area contributed by atoms with Gasteiger partial charge in [-0.15, -0.1) is 0 Å². The van der Waals surface area contributed by atoms with E-state index in [0.717, 1.165) is 5.56 Å². The van der Waals surface area contributed by atoms with Gasteiger partial charge in [-0.1, -0.05) is 44.0 Å². The number of rotatable bonds is 3. The normalized spacial score (nSPS) is 14.8. The maximum absolute atomic E-state index is 12.6. The first-order valence-corrected chi connectivity index (χ1v) is 5.62. The largest absolute Gasteiger partial charge is 0.480 e. The highest BCUT2D eigenvalue weighted by Gasteiger charge is 2.24. The van der Waals surface area contributed by atoms with Crippen molar-refractivity contribution in [2.45, 2.75) is 9.65 Å². The molecule has 0 radical (unpaired) electrons. The average molecular weight is 326 g/mol. The van der Waals surface area contributed by atoms with E-state index >= 15 is 0 Å². The van der Waals surface area contributed by atoms with Crippen molar-refractivity contribution in [1.82, 2.24) is 0 Å². The highest BCUT2D eigenvalue weighted by atomic mass is 79.9. The molecule has 0 unspecified atom stereocenters. The van der Waals surface area contributed by atoms with Crippen molar-refractivity contribution in [1.29, 1.82) is 0 Å². The Morgan fingerprint density at radius 2 is 1.79 bits per heavy atom. The van der Waals surface area contributed by atoms with Gasteiger partial charge in [0.15, 0.2) is 0 Å². The number of carboxylic acid groups (broad SMARTS) is 1. The van der Waals surface area contributed by atoms with E-state index in [4.69, 9.17) is 5.11 Å². The third kappa shape index (κ3) is 2.78. The molecule has 1 N–H and O–H groups in total. The molecule has 0 aliphatic carbocycles. The molecular formula is C9H7Br2FO2. The van der Waals surface area contributed by atoms with Crippen LogP contribution < -0.4 is 0 Å². The predicted octanol–water partition coefficient (Wildman–Crippen LogP) is 3.11. The fourth-order valence-electron chi connectivity index (χ4n) is 0.941. The average Bonchev–Trinajstić information content (AvgIpc) is 2.16. The Kier molecular flexibility index (Phi) is 4.07. The van der Waals surface area contributed by atoms with Crippen LogP contribution in [0.25, 0.3) is 0 Å². The number of alkyl halides is 2. The number of carboxylic acids is 1. The fourth-order valence-corrected chi connectivity index (χ4v) is 1.78. The van der Waals surface area contributed by atoms with Crippen LogP contribution in [0, 0.1) is 5.82 Å². The molecule has 1 aromatic carbocycles. The highest BCUT2D eigenvalue weighted by Crippen LogP contribution is 2.31. The van der Waals surface area contributed by atoms with Crippen LogP contribution in [0.5, 0.6) is 0 Å². The Labute approximate surface area is 97.4 Å². The molecule has 0 fully saturated rings. The molecule has 1 rings (SSSR count). The van der Waals surface area contributed by atoms with Crippen molar-refractivity contribution < 1.29 is 14.3 Å². The summed E-state index contributed by atoms with van der Waals surface area (Å²) in [5.41, 5.74) is 0.718. The minimum atomic E-state index is -0.962. The molecule has 14 heavy (non-hydrogen) atoms. The van der Waals surface area contributed by atoms with Gasteiger partial charge in [0, 0.05) is 0 Å². The third-order valence-corrected chi connectivity index (χ3v) is 4.37. The zero-order valence-electron chi connectivity index (χ0n) is 6.95. The molecule has 0 aliphatic heterocycles. The lowest BCUT2D eigenvalue weighted by Gasteiger charge is -2.12. The number of hydrogen-bond acceptors (Lipinski definition) is 1. The summed E-state index contributed by atoms with van der Waals surface area (Å²) in [4.78, 5) is 9.53. The minimum absolute atomic E-state index is 0.338. The monoisotopic (exact) mass is 324 g/mol. The molecule has 0 spiro atoms. The number of carbonyl (C=O) groups is 1. The maximum atomic E-state index is 12.6. The zero-order valence-corrected chi connectivity index (χ0v) is 10.1. The van der Waals surface area contributed by atoms with Gasteiger partial charge in [-0.3, -0.25) is 4.79 Å². The van der Waals surface area contributed by atoms with E-state index in [9.17, 15) is 9.18 Å². The Hall–Kier alpha value is -0.420. The molecule has 5 heteroatoms. The number of halogens is 3. The van der Waals surface area contributed by atoms with Gasteiger partial charge in [0.25, 0.3) is 0 Å². The summed E-state index contributed by atoms with van der Waals surface area (Å²) in [6.07, 6.45) is 0. The molecule has 0 aliphatic rings. The first-order chi connectivity index (χ1) is 6.52. The fraction of sp³-hybridized carbons (Fsp3) is 0.222. The second-order valence-corrected chi connectivity index (χ2v) is 4.67. The molecule has 1 aromatic rings. The highest BCUT2D eigenvalue weighted by molar-refractivity contribution is 9.12. The van der Waals surface area contributed by atoms with E-state index in [-0.39, 0.29) is 10.6 Å². The van der Waals surface area contributed by atoms with Gasteiger partial charge in [0.1, 0.15) is 10.6 Å². The van der Waals surface area contributed by atoms with Gasteiger partial charge in [-0.25, -0.2) is 4.39 Å². The van der Waals surface area contributed by atoms with Crippen LogP contribution in [0.3, 0.4) is 0 Å². The molecule has 0 saturated heterocycles. The first-order valence-electron chi connectivity index (χ1n) is 3.79. The molecule has 0 aromatic heterocycles. The van der Waals surface area contributed by atoms with Gasteiger partial charge in [0.05, 0.1) is 4.83 Å². The third-order valence-electron chi connectivity index (χ3n) is 1.68. The van der Waals surface area contributed by atoms with Crippen LogP contribution in [0.15, 0.2) is 24.3 Å². The molecule has 2 atom stereocenters. The van der Waals surface area contributed by atoms with Gasteiger partial charge >= 0.3 is 5.97 Å². The predicted molar refractivity (Wildman–Crippen MR) is 58.4 cm³/mol. The molecule has 0 saturated carbocycles. The van der Waals surface area contributed by atoms with Crippen LogP contribution in [0.1, 0.15) is 10.4 Å². The second kappa shape index (κ2) is 4.89. The second-order valence-electron chi connectivity index (χ2n) is 2.69. The van der Waals surface area contributed by atoms with Crippen molar-refractivity contribution in [3.63, 3.8) is 0 Å². The van der Waals surface area contributed by atoms with Crippen molar-refractivity contribution in [3.05, 3.63) is 35.6 Å². The molecular weight excluding hydrogens is 319 g/mol. The summed E-state index contributed by atoms with van der Waals surface area (Å²) in [7, 11) is 0. The topological polar surface area (TPSA) is 37.3 Å². The van der Waals surface area contributed by atoms with Crippen LogP contribution in [-0.4, -0.2) is 15.9 Å². The van der Waals surface area contributed by atoms with Gasteiger partial charge in [-0.05, 0) is 17.7 Å². The van der Waals surface area contributed by atoms with E-state index in [1.807, 2.05) is 0 Å². The lowest BCUT2D eigenvalue weighted by Crippen LogP contribution is -2.17.